The molecular formula is C15H18F3N3. The fraction of sp³-hybridized carbons (Fsp3) is 0.400. The Bertz CT molecular complexity index is 549. The van der Waals surface area contributed by atoms with Crippen molar-refractivity contribution in [1.82, 2.24) is 15.1 Å². The van der Waals surface area contributed by atoms with Gasteiger partial charge in [0.1, 0.15) is 0 Å². The van der Waals surface area contributed by atoms with Crippen LogP contribution >= 0.6 is 0 Å². The third-order valence-corrected chi connectivity index (χ3v) is 3.11. The minimum absolute atomic E-state index is 0.520. The molecule has 3 nitrogen and oxygen atoms in total. The molecule has 2 aromatic rings. The zero-order valence-electron chi connectivity index (χ0n) is 11.8. The van der Waals surface area contributed by atoms with Crippen LogP contribution in [0, 0.1) is 0 Å². The molecule has 0 aliphatic carbocycles. The molecule has 1 atom stereocenters. The van der Waals surface area contributed by atoms with Gasteiger partial charge in [0.15, 0.2) is 0 Å². The molecule has 0 saturated carbocycles. The zero-order valence-corrected chi connectivity index (χ0v) is 11.8. The summed E-state index contributed by atoms with van der Waals surface area (Å²) in [6.07, 6.45) is -2.84. The summed E-state index contributed by atoms with van der Waals surface area (Å²) in [4.78, 5) is 0. The van der Waals surface area contributed by atoms with E-state index in [9.17, 15) is 13.2 Å². The highest BCUT2D eigenvalue weighted by Crippen LogP contribution is 2.30. The van der Waals surface area contributed by atoms with Crippen molar-refractivity contribution in [2.75, 3.05) is 6.54 Å². The Hall–Kier alpha value is -1.82. The van der Waals surface area contributed by atoms with Gasteiger partial charge in [-0.1, -0.05) is 25.1 Å². The van der Waals surface area contributed by atoms with Crippen LogP contribution in [0.15, 0.2) is 42.6 Å². The lowest BCUT2D eigenvalue weighted by Crippen LogP contribution is -2.29. The number of aromatic nitrogens is 2. The maximum absolute atomic E-state index is 12.8. The number of alkyl halides is 3. The Labute approximate surface area is 121 Å². The number of hydrogen-bond donors (Lipinski definition) is 1. The van der Waals surface area contributed by atoms with E-state index in [0.717, 1.165) is 12.1 Å². The van der Waals surface area contributed by atoms with Crippen LogP contribution in [0.4, 0.5) is 13.2 Å². The molecular weight excluding hydrogens is 279 g/mol. The van der Waals surface area contributed by atoms with Crippen LogP contribution in [-0.2, 0) is 0 Å². The van der Waals surface area contributed by atoms with E-state index in [-0.39, 0.29) is 0 Å². The number of para-hydroxylation sites is 1. The first-order valence-electron chi connectivity index (χ1n) is 6.90. The second kappa shape index (κ2) is 6.76. The second-order valence-corrected chi connectivity index (χ2v) is 4.83. The van der Waals surface area contributed by atoms with Gasteiger partial charge in [-0.05, 0) is 31.2 Å². The highest BCUT2D eigenvalue weighted by molar-refractivity contribution is 5.33. The average molecular weight is 297 g/mol. The fourth-order valence-electron chi connectivity index (χ4n) is 2.19. The summed E-state index contributed by atoms with van der Waals surface area (Å²) < 4.78 is 39.9. The van der Waals surface area contributed by atoms with E-state index < -0.39 is 18.6 Å². The number of hydrogen-bond acceptors (Lipinski definition) is 2. The van der Waals surface area contributed by atoms with Crippen LogP contribution in [0.1, 0.15) is 31.5 Å². The van der Waals surface area contributed by atoms with Crippen molar-refractivity contribution in [3.63, 3.8) is 0 Å². The molecule has 0 amide bonds. The van der Waals surface area contributed by atoms with Crippen LogP contribution in [0.3, 0.4) is 0 Å². The zero-order chi connectivity index (χ0) is 15.3. The predicted molar refractivity (Wildman–Crippen MR) is 75.3 cm³/mol. The van der Waals surface area contributed by atoms with E-state index in [2.05, 4.69) is 10.4 Å². The maximum atomic E-state index is 12.8. The Balaban J connectivity index is 2.30. The highest BCUT2D eigenvalue weighted by Gasteiger charge is 2.33. The van der Waals surface area contributed by atoms with Crippen LogP contribution in [0.25, 0.3) is 5.69 Å². The van der Waals surface area contributed by atoms with E-state index in [1.54, 1.807) is 10.7 Å². The lowest BCUT2D eigenvalue weighted by molar-refractivity contribution is -0.140. The summed E-state index contributed by atoms with van der Waals surface area (Å²) in [5, 5.41) is 7.11. The molecule has 1 aromatic heterocycles. The highest BCUT2D eigenvalue weighted by atomic mass is 19.4. The fourth-order valence-corrected chi connectivity index (χ4v) is 2.19. The van der Waals surface area contributed by atoms with Crippen LogP contribution in [0.2, 0.25) is 0 Å². The van der Waals surface area contributed by atoms with Crippen LogP contribution in [-0.4, -0.2) is 22.5 Å². The van der Waals surface area contributed by atoms with Crippen molar-refractivity contribution < 1.29 is 13.2 Å². The number of nitrogens with one attached hydrogen (secondary N) is 1. The third kappa shape index (κ3) is 4.32. The number of nitrogens with zero attached hydrogens (tertiary/aromatic N) is 2. The molecule has 1 N–H and O–H groups in total. The van der Waals surface area contributed by atoms with Crippen LogP contribution in [0.5, 0.6) is 0 Å². The molecule has 6 heteroatoms. The minimum atomic E-state index is -4.23. The Morgan fingerprint density at radius 3 is 2.52 bits per heavy atom. The predicted octanol–water partition coefficient (Wildman–Crippen LogP) is 3.87. The molecule has 0 bridgehead atoms. The molecule has 0 saturated heterocycles. The van der Waals surface area contributed by atoms with Gasteiger partial charge in [0.05, 0.1) is 23.8 Å². The monoisotopic (exact) mass is 297 g/mol. The first kappa shape index (κ1) is 15.6. The van der Waals surface area contributed by atoms with Gasteiger partial charge in [-0.25, -0.2) is 4.68 Å². The van der Waals surface area contributed by atoms with E-state index in [0.29, 0.717) is 12.2 Å². The maximum Gasteiger partial charge on any atom is 0.390 e. The lowest BCUT2D eigenvalue weighted by Gasteiger charge is -2.21. The Morgan fingerprint density at radius 1 is 1.19 bits per heavy atom. The van der Waals surface area contributed by atoms with Gasteiger partial charge in [0.2, 0.25) is 0 Å². The third-order valence-electron chi connectivity index (χ3n) is 3.11. The van der Waals surface area contributed by atoms with Gasteiger partial charge in [-0.3, -0.25) is 0 Å². The summed E-state index contributed by atoms with van der Waals surface area (Å²) in [5.41, 5.74) is 1.27. The Morgan fingerprint density at radius 2 is 1.90 bits per heavy atom. The molecule has 0 spiro atoms. The normalized spacial score (nSPS) is 13.3. The van der Waals surface area contributed by atoms with Crippen molar-refractivity contribution in [3.05, 3.63) is 48.3 Å². The lowest BCUT2D eigenvalue weighted by atomic mass is 10.1. The number of halogens is 3. The SMILES string of the molecule is CCCNC(CC(F)(F)F)c1ccnn1-c1ccccc1. The number of benzene rings is 1. The molecule has 21 heavy (non-hydrogen) atoms. The van der Waals surface area contributed by atoms with Gasteiger partial charge >= 0.3 is 6.18 Å². The first-order valence-corrected chi connectivity index (χ1v) is 6.90. The van der Waals surface area contributed by atoms with Gasteiger partial charge in [0.25, 0.3) is 0 Å². The van der Waals surface area contributed by atoms with Crippen molar-refractivity contribution in [2.45, 2.75) is 32.0 Å². The molecule has 2 rings (SSSR count). The smallest absolute Gasteiger partial charge is 0.308 e. The van der Waals surface area contributed by atoms with E-state index in [1.807, 2.05) is 37.3 Å². The number of rotatable bonds is 6. The summed E-state index contributed by atoms with van der Waals surface area (Å²) in [6.45, 7) is 2.45. The molecule has 1 heterocycles. The molecule has 0 aliphatic heterocycles. The van der Waals surface area contributed by atoms with Gasteiger partial charge in [-0.2, -0.15) is 18.3 Å². The van der Waals surface area contributed by atoms with Crippen molar-refractivity contribution >= 4 is 0 Å². The van der Waals surface area contributed by atoms with Crippen molar-refractivity contribution in [1.29, 1.82) is 0 Å². The molecule has 1 aromatic carbocycles. The van der Waals surface area contributed by atoms with Gasteiger partial charge < -0.3 is 5.32 Å². The van der Waals surface area contributed by atoms with E-state index >= 15 is 0 Å². The summed E-state index contributed by atoms with van der Waals surface area (Å²) in [5.74, 6) is 0. The quantitative estimate of drug-likeness (QED) is 0.877. The average Bonchev–Trinajstić information content (AvgIpc) is 2.92. The summed E-state index contributed by atoms with van der Waals surface area (Å²) >= 11 is 0. The second-order valence-electron chi connectivity index (χ2n) is 4.83. The topological polar surface area (TPSA) is 29.9 Å². The molecule has 0 aliphatic rings. The largest absolute Gasteiger partial charge is 0.390 e. The van der Waals surface area contributed by atoms with E-state index in [1.165, 1.54) is 6.20 Å². The van der Waals surface area contributed by atoms with Gasteiger partial charge in [-0.15, -0.1) is 0 Å². The van der Waals surface area contributed by atoms with Gasteiger partial charge in [0, 0.05) is 6.20 Å². The summed E-state index contributed by atoms with van der Waals surface area (Å²) in [6, 6.07) is 9.99. The van der Waals surface area contributed by atoms with Crippen molar-refractivity contribution in [3.8, 4) is 5.69 Å². The minimum Gasteiger partial charge on any atom is -0.308 e. The molecule has 114 valence electrons. The first-order chi connectivity index (χ1) is 10.0. The van der Waals surface area contributed by atoms with Crippen molar-refractivity contribution in [2.24, 2.45) is 0 Å². The van der Waals surface area contributed by atoms with Crippen LogP contribution < -0.4 is 5.32 Å². The molecule has 0 fully saturated rings. The Kier molecular flexibility index (Phi) is 5.01. The summed E-state index contributed by atoms with van der Waals surface area (Å²) in [7, 11) is 0. The van der Waals surface area contributed by atoms with E-state index in [4.69, 9.17) is 0 Å². The molecule has 0 radical (unpaired) electrons. The molecule has 1 unspecified atom stereocenters. The standard InChI is InChI=1S/C15H18F3N3/c1-2-9-19-13(11-15(16,17)18)14-8-10-20-21(14)12-6-4-3-5-7-12/h3-8,10,13,19H,2,9,11H2,1H3.